The van der Waals surface area contributed by atoms with Gasteiger partial charge < -0.3 is 16.3 Å². The molecule has 1 atom stereocenters. The molecule has 0 bridgehead atoms. The van der Waals surface area contributed by atoms with Crippen LogP contribution in [0.4, 0.5) is 0 Å². The molecular weight excluding hydrogens is 222 g/mol. The molecule has 1 aromatic rings. The summed E-state index contributed by atoms with van der Waals surface area (Å²) in [4.78, 5) is 2.68. The smallest absolute Gasteiger partial charge is 0.140 e. The summed E-state index contributed by atoms with van der Waals surface area (Å²) in [5, 5.41) is 14.7. The fourth-order valence-corrected chi connectivity index (χ4v) is 2.68. The van der Waals surface area contributed by atoms with Gasteiger partial charge in [0.05, 0.1) is 0 Å². The number of thiophene rings is 1. The van der Waals surface area contributed by atoms with E-state index in [1.165, 1.54) is 15.3 Å². The Labute approximate surface area is 100 Å². The van der Waals surface area contributed by atoms with Crippen LogP contribution in [-0.4, -0.2) is 17.6 Å². The predicted molar refractivity (Wildman–Crippen MR) is 68.2 cm³/mol. The van der Waals surface area contributed by atoms with Gasteiger partial charge in [-0.25, -0.2) is 0 Å². The quantitative estimate of drug-likeness (QED) is 0.320. The Morgan fingerprint density at radius 3 is 2.81 bits per heavy atom. The van der Waals surface area contributed by atoms with Crippen LogP contribution in [0.1, 0.15) is 34.7 Å². The second-order valence-corrected chi connectivity index (χ2v) is 5.35. The van der Waals surface area contributed by atoms with E-state index in [-0.39, 0.29) is 5.84 Å². The third kappa shape index (κ3) is 3.50. The van der Waals surface area contributed by atoms with Crippen LogP contribution in [0.2, 0.25) is 0 Å². The highest BCUT2D eigenvalue weighted by molar-refractivity contribution is 7.12. The number of amidine groups is 1. The number of oxime groups is 1. The van der Waals surface area contributed by atoms with E-state index >= 15 is 0 Å². The van der Waals surface area contributed by atoms with Crippen LogP contribution in [-0.2, 0) is 0 Å². The van der Waals surface area contributed by atoms with E-state index in [0.717, 1.165) is 0 Å². The Balaban J connectivity index is 2.47. The third-order valence-corrected chi connectivity index (χ3v) is 3.49. The molecule has 0 fully saturated rings. The van der Waals surface area contributed by atoms with Crippen LogP contribution in [0.3, 0.4) is 0 Å². The van der Waals surface area contributed by atoms with E-state index in [1.54, 1.807) is 0 Å². The lowest BCUT2D eigenvalue weighted by atomic mass is 10.1. The van der Waals surface area contributed by atoms with Gasteiger partial charge >= 0.3 is 0 Å². The van der Waals surface area contributed by atoms with Gasteiger partial charge in [-0.1, -0.05) is 5.16 Å². The van der Waals surface area contributed by atoms with E-state index in [2.05, 4.69) is 37.3 Å². The first kappa shape index (κ1) is 13.0. The Morgan fingerprint density at radius 2 is 2.31 bits per heavy atom. The molecule has 16 heavy (non-hydrogen) atoms. The molecule has 0 saturated carbocycles. The standard InChI is InChI=1S/C11H19N3OS/c1-7-6-10(9(3)16-7)8(2)13-5-4-11(12)14-15/h6,8,13,15H,4-5H2,1-3H3,(H2,12,14). The normalized spacial score (nSPS) is 14.1. The molecule has 1 heterocycles. The Kier molecular flexibility index (Phi) is 4.76. The van der Waals surface area contributed by atoms with Crippen molar-refractivity contribution in [2.45, 2.75) is 33.2 Å². The maximum atomic E-state index is 8.40. The fraction of sp³-hybridized carbons (Fsp3) is 0.545. The Morgan fingerprint density at radius 1 is 1.62 bits per heavy atom. The monoisotopic (exact) mass is 241 g/mol. The lowest BCUT2D eigenvalue weighted by Gasteiger charge is -2.13. The number of nitrogens with two attached hydrogens (primary N) is 1. The van der Waals surface area contributed by atoms with Crippen molar-refractivity contribution < 1.29 is 5.21 Å². The second kappa shape index (κ2) is 5.86. The average Bonchev–Trinajstić information content (AvgIpc) is 2.57. The summed E-state index contributed by atoms with van der Waals surface area (Å²) in [5.74, 6) is 0.262. The number of nitrogens with one attached hydrogen (secondary N) is 1. The molecule has 0 radical (unpaired) electrons. The fourth-order valence-electron chi connectivity index (χ4n) is 1.66. The van der Waals surface area contributed by atoms with Crippen molar-refractivity contribution in [2.24, 2.45) is 10.9 Å². The molecule has 0 aliphatic carbocycles. The lowest BCUT2D eigenvalue weighted by Crippen LogP contribution is -2.24. The van der Waals surface area contributed by atoms with Gasteiger partial charge in [-0.2, -0.15) is 0 Å². The van der Waals surface area contributed by atoms with Gasteiger partial charge in [-0.15, -0.1) is 11.3 Å². The SMILES string of the molecule is Cc1cc(C(C)NCCC(N)=NO)c(C)s1. The van der Waals surface area contributed by atoms with Gasteiger partial charge in [0.2, 0.25) is 0 Å². The first-order chi connectivity index (χ1) is 7.54. The van der Waals surface area contributed by atoms with Crippen LogP contribution >= 0.6 is 11.3 Å². The molecule has 5 heteroatoms. The van der Waals surface area contributed by atoms with Crippen molar-refractivity contribution in [3.8, 4) is 0 Å². The molecule has 1 aromatic heterocycles. The largest absolute Gasteiger partial charge is 0.409 e. The summed E-state index contributed by atoms with van der Waals surface area (Å²) in [6, 6.07) is 2.51. The highest BCUT2D eigenvalue weighted by atomic mass is 32.1. The van der Waals surface area contributed by atoms with Gasteiger partial charge in [0.15, 0.2) is 0 Å². The molecule has 0 aliphatic rings. The number of hydrogen-bond acceptors (Lipinski definition) is 4. The van der Waals surface area contributed by atoms with Gasteiger partial charge in [-0.3, -0.25) is 0 Å². The number of hydrogen-bond donors (Lipinski definition) is 3. The maximum Gasteiger partial charge on any atom is 0.140 e. The number of nitrogens with zero attached hydrogens (tertiary/aromatic N) is 1. The van der Waals surface area contributed by atoms with Crippen LogP contribution < -0.4 is 11.1 Å². The second-order valence-electron chi connectivity index (χ2n) is 3.89. The zero-order valence-corrected chi connectivity index (χ0v) is 10.8. The Bertz CT molecular complexity index is 373. The summed E-state index contributed by atoms with van der Waals surface area (Å²) in [7, 11) is 0. The van der Waals surface area contributed by atoms with Crippen LogP contribution in [0.5, 0.6) is 0 Å². The minimum absolute atomic E-state index is 0.262. The van der Waals surface area contributed by atoms with Crippen molar-refractivity contribution in [1.29, 1.82) is 0 Å². The topological polar surface area (TPSA) is 70.6 Å². The summed E-state index contributed by atoms with van der Waals surface area (Å²) in [6.07, 6.45) is 0.559. The van der Waals surface area contributed by atoms with E-state index in [4.69, 9.17) is 10.9 Å². The molecule has 0 aliphatic heterocycles. The van der Waals surface area contributed by atoms with E-state index in [9.17, 15) is 0 Å². The van der Waals surface area contributed by atoms with Gasteiger partial charge in [0.25, 0.3) is 0 Å². The third-order valence-electron chi connectivity index (χ3n) is 2.51. The van der Waals surface area contributed by atoms with E-state index in [1.807, 2.05) is 11.3 Å². The number of aryl methyl sites for hydroxylation is 2. The highest BCUT2D eigenvalue weighted by Crippen LogP contribution is 2.25. The summed E-state index contributed by atoms with van der Waals surface area (Å²) in [5.41, 5.74) is 6.73. The van der Waals surface area contributed by atoms with Gasteiger partial charge in [0.1, 0.15) is 5.84 Å². The molecule has 0 amide bonds. The predicted octanol–water partition coefficient (Wildman–Crippen LogP) is 2.15. The van der Waals surface area contributed by atoms with Crippen molar-refractivity contribution >= 4 is 17.2 Å². The van der Waals surface area contributed by atoms with Crippen LogP contribution in [0.15, 0.2) is 11.2 Å². The lowest BCUT2D eigenvalue weighted by molar-refractivity contribution is 0.316. The van der Waals surface area contributed by atoms with Crippen molar-refractivity contribution in [3.05, 3.63) is 21.4 Å². The molecule has 0 aromatic carbocycles. The van der Waals surface area contributed by atoms with E-state index in [0.29, 0.717) is 19.0 Å². The average molecular weight is 241 g/mol. The summed E-state index contributed by atoms with van der Waals surface area (Å²) in [6.45, 7) is 7.09. The molecule has 0 saturated heterocycles. The minimum atomic E-state index is 0.262. The first-order valence-electron chi connectivity index (χ1n) is 5.31. The number of rotatable bonds is 5. The van der Waals surface area contributed by atoms with Crippen molar-refractivity contribution in [2.75, 3.05) is 6.54 Å². The molecule has 4 nitrogen and oxygen atoms in total. The van der Waals surface area contributed by atoms with Crippen molar-refractivity contribution in [1.82, 2.24) is 5.32 Å². The summed E-state index contributed by atoms with van der Waals surface area (Å²) >= 11 is 1.81. The first-order valence-corrected chi connectivity index (χ1v) is 6.13. The van der Waals surface area contributed by atoms with Gasteiger partial charge in [-0.05, 0) is 32.4 Å². The zero-order chi connectivity index (χ0) is 12.1. The molecule has 1 rings (SSSR count). The van der Waals surface area contributed by atoms with Crippen LogP contribution in [0, 0.1) is 13.8 Å². The van der Waals surface area contributed by atoms with Crippen LogP contribution in [0.25, 0.3) is 0 Å². The highest BCUT2D eigenvalue weighted by Gasteiger charge is 2.10. The molecule has 90 valence electrons. The van der Waals surface area contributed by atoms with E-state index < -0.39 is 0 Å². The maximum absolute atomic E-state index is 8.40. The summed E-state index contributed by atoms with van der Waals surface area (Å²) < 4.78 is 0. The molecule has 0 spiro atoms. The molecule has 1 unspecified atom stereocenters. The van der Waals surface area contributed by atoms with Gasteiger partial charge in [0, 0.05) is 28.8 Å². The molecule has 4 N–H and O–H groups in total. The minimum Gasteiger partial charge on any atom is -0.409 e. The molecular formula is C11H19N3OS. The van der Waals surface area contributed by atoms with Crippen molar-refractivity contribution in [3.63, 3.8) is 0 Å². The Hall–Kier alpha value is -1.07. The zero-order valence-electron chi connectivity index (χ0n) is 9.95.